The number of likely N-dealkylation sites (tertiary alicyclic amines) is 1. The molecule has 1 rings (SSSR count). The Bertz CT molecular complexity index is 108. The maximum atomic E-state index is 9.20. The molecule has 0 aliphatic carbocycles. The molecule has 1 saturated heterocycles. The fourth-order valence-electron chi connectivity index (χ4n) is 1.44. The van der Waals surface area contributed by atoms with Crippen LogP contribution in [-0.2, 0) is 4.74 Å². The van der Waals surface area contributed by atoms with Crippen LogP contribution in [0, 0.1) is 0 Å². The highest BCUT2D eigenvalue weighted by Gasteiger charge is 2.27. The van der Waals surface area contributed by atoms with Crippen molar-refractivity contribution in [1.29, 1.82) is 0 Å². The van der Waals surface area contributed by atoms with E-state index in [-0.39, 0.29) is 6.10 Å². The van der Waals surface area contributed by atoms with E-state index in [1.54, 1.807) is 7.11 Å². The molecule has 0 unspecified atom stereocenters. The number of nitrogens with zero attached hydrogens (tertiary/aromatic N) is 1. The van der Waals surface area contributed by atoms with Gasteiger partial charge >= 0.3 is 0 Å². The lowest BCUT2D eigenvalue weighted by molar-refractivity contribution is 0.129. The van der Waals surface area contributed by atoms with Gasteiger partial charge in [0.2, 0.25) is 0 Å². The Balaban J connectivity index is 2.31. The third-order valence-corrected chi connectivity index (χ3v) is 2.03. The smallest absolute Gasteiger partial charge is 0.0682 e. The van der Waals surface area contributed by atoms with E-state index in [9.17, 15) is 5.11 Å². The average molecular weight is 145 g/mol. The number of rotatable bonds is 2. The van der Waals surface area contributed by atoms with E-state index in [0.717, 1.165) is 19.6 Å². The minimum atomic E-state index is -0.148. The number of aliphatic hydroxyl groups is 1. The number of aliphatic hydroxyl groups excluding tert-OH is 1. The van der Waals surface area contributed by atoms with Gasteiger partial charge in [0.25, 0.3) is 0 Å². The molecule has 0 spiro atoms. The molecule has 10 heavy (non-hydrogen) atoms. The van der Waals surface area contributed by atoms with Crippen LogP contribution in [0.4, 0.5) is 0 Å². The zero-order valence-corrected chi connectivity index (χ0v) is 6.58. The van der Waals surface area contributed by atoms with Gasteiger partial charge in [-0.05, 0) is 13.5 Å². The Morgan fingerprint density at radius 3 is 2.80 bits per heavy atom. The molecule has 3 nitrogen and oxygen atoms in total. The third-order valence-electron chi connectivity index (χ3n) is 2.03. The highest BCUT2D eigenvalue weighted by Crippen LogP contribution is 2.14. The topological polar surface area (TPSA) is 32.7 Å². The summed E-state index contributed by atoms with van der Waals surface area (Å²) in [5.74, 6) is 0. The fourth-order valence-corrected chi connectivity index (χ4v) is 1.44. The van der Waals surface area contributed by atoms with Gasteiger partial charge in [-0.15, -0.1) is 0 Å². The molecule has 3 heteroatoms. The molecular formula is C7H15NO2. The van der Waals surface area contributed by atoms with Gasteiger partial charge in [0, 0.05) is 19.7 Å². The second-order valence-corrected chi connectivity index (χ2v) is 2.94. The third kappa shape index (κ3) is 1.68. The van der Waals surface area contributed by atoms with Crippen LogP contribution in [0.15, 0.2) is 0 Å². The van der Waals surface area contributed by atoms with E-state index in [0.29, 0.717) is 6.04 Å². The predicted octanol–water partition coefficient (Wildman–Crippen LogP) is -0.302. The summed E-state index contributed by atoms with van der Waals surface area (Å²) in [6, 6.07) is 0.417. The summed E-state index contributed by atoms with van der Waals surface area (Å²) in [4.78, 5) is 2.13. The van der Waals surface area contributed by atoms with Gasteiger partial charge < -0.3 is 9.84 Å². The lowest BCUT2D eigenvalue weighted by atomic mass is 10.2. The van der Waals surface area contributed by atoms with E-state index in [2.05, 4.69) is 4.90 Å². The number of methoxy groups -OCH3 is 1. The van der Waals surface area contributed by atoms with Crippen molar-refractivity contribution in [3.05, 3.63) is 0 Å². The Hall–Kier alpha value is -0.120. The molecule has 0 aromatic rings. The van der Waals surface area contributed by atoms with Crippen molar-refractivity contribution in [3.8, 4) is 0 Å². The van der Waals surface area contributed by atoms with Crippen LogP contribution >= 0.6 is 0 Å². The zero-order chi connectivity index (χ0) is 7.56. The SMILES string of the molecule is COC[C@@H]1C[C@H](O)CN1C. The summed E-state index contributed by atoms with van der Waals surface area (Å²) in [5, 5.41) is 9.20. The molecule has 0 amide bonds. The second kappa shape index (κ2) is 3.32. The van der Waals surface area contributed by atoms with E-state index < -0.39 is 0 Å². The minimum absolute atomic E-state index is 0.148. The molecular weight excluding hydrogens is 130 g/mol. The monoisotopic (exact) mass is 145 g/mol. The van der Waals surface area contributed by atoms with Crippen molar-refractivity contribution in [3.63, 3.8) is 0 Å². The number of β-amino-alcohol motifs (C(OH)–C–C–N with tert-alkyl or cyclic N) is 1. The van der Waals surface area contributed by atoms with Gasteiger partial charge in [-0.2, -0.15) is 0 Å². The molecule has 0 bridgehead atoms. The summed E-state index contributed by atoms with van der Waals surface area (Å²) < 4.78 is 4.99. The molecule has 2 atom stereocenters. The second-order valence-electron chi connectivity index (χ2n) is 2.94. The van der Waals surface area contributed by atoms with Crippen LogP contribution in [0.1, 0.15) is 6.42 Å². The Kier molecular flexibility index (Phi) is 2.65. The average Bonchev–Trinajstić information content (AvgIpc) is 2.13. The van der Waals surface area contributed by atoms with Crippen LogP contribution < -0.4 is 0 Å². The minimum Gasteiger partial charge on any atom is -0.392 e. The Labute approximate surface area is 61.6 Å². The normalized spacial score (nSPS) is 35.1. The van der Waals surface area contributed by atoms with Gasteiger partial charge in [-0.3, -0.25) is 4.90 Å². The fraction of sp³-hybridized carbons (Fsp3) is 1.00. The summed E-state index contributed by atoms with van der Waals surface area (Å²) >= 11 is 0. The predicted molar refractivity (Wildman–Crippen MR) is 38.9 cm³/mol. The van der Waals surface area contributed by atoms with Gasteiger partial charge in [0.05, 0.1) is 12.7 Å². The quantitative estimate of drug-likeness (QED) is 0.579. The largest absolute Gasteiger partial charge is 0.392 e. The van der Waals surface area contributed by atoms with E-state index in [1.165, 1.54) is 0 Å². The summed E-state index contributed by atoms with van der Waals surface area (Å²) in [5.41, 5.74) is 0. The van der Waals surface area contributed by atoms with Gasteiger partial charge in [0.15, 0.2) is 0 Å². The number of hydrogen-bond acceptors (Lipinski definition) is 3. The first-order chi connectivity index (χ1) is 4.74. The van der Waals surface area contributed by atoms with Crippen LogP contribution in [-0.4, -0.2) is 49.5 Å². The number of ether oxygens (including phenoxy) is 1. The number of hydrogen-bond donors (Lipinski definition) is 1. The number of likely N-dealkylation sites (N-methyl/N-ethyl adjacent to an activating group) is 1. The molecule has 1 fully saturated rings. The van der Waals surface area contributed by atoms with Gasteiger partial charge in [0.1, 0.15) is 0 Å². The van der Waals surface area contributed by atoms with Crippen molar-refractivity contribution in [2.24, 2.45) is 0 Å². The maximum absolute atomic E-state index is 9.20. The first-order valence-corrected chi connectivity index (χ1v) is 3.61. The van der Waals surface area contributed by atoms with Crippen molar-refractivity contribution >= 4 is 0 Å². The summed E-state index contributed by atoms with van der Waals surface area (Å²) in [6.07, 6.45) is 0.704. The van der Waals surface area contributed by atoms with Crippen molar-refractivity contribution < 1.29 is 9.84 Å². The van der Waals surface area contributed by atoms with Gasteiger partial charge in [-0.25, -0.2) is 0 Å². The molecule has 0 aromatic carbocycles. The van der Waals surface area contributed by atoms with Crippen LogP contribution in [0.5, 0.6) is 0 Å². The Morgan fingerprint density at radius 2 is 2.40 bits per heavy atom. The molecule has 60 valence electrons. The van der Waals surface area contributed by atoms with Crippen LogP contribution in [0.2, 0.25) is 0 Å². The standard InChI is InChI=1S/C7H15NO2/c1-8-4-7(9)3-6(8)5-10-2/h6-7,9H,3-5H2,1-2H3/t6-,7-/m0/s1. The summed E-state index contributed by atoms with van der Waals surface area (Å²) in [7, 11) is 3.71. The highest BCUT2D eigenvalue weighted by atomic mass is 16.5. The molecule has 1 heterocycles. The first kappa shape index (κ1) is 7.98. The van der Waals surface area contributed by atoms with Crippen molar-refractivity contribution in [2.75, 3.05) is 27.3 Å². The molecule has 0 radical (unpaired) electrons. The molecule has 1 aliphatic heterocycles. The summed E-state index contributed by atoms with van der Waals surface area (Å²) in [6.45, 7) is 1.52. The zero-order valence-electron chi connectivity index (χ0n) is 6.58. The van der Waals surface area contributed by atoms with Crippen LogP contribution in [0.3, 0.4) is 0 Å². The maximum Gasteiger partial charge on any atom is 0.0682 e. The molecule has 0 saturated carbocycles. The lowest BCUT2D eigenvalue weighted by Crippen LogP contribution is -2.28. The first-order valence-electron chi connectivity index (χ1n) is 3.61. The molecule has 1 N–H and O–H groups in total. The van der Waals surface area contributed by atoms with Gasteiger partial charge in [-0.1, -0.05) is 0 Å². The van der Waals surface area contributed by atoms with Crippen molar-refractivity contribution in [1.82, 2.24) is 4.90 Å². The van der Waals surface area contributed by atoms with E-state index in [1.807, 2.05) is 7.05 Å². The molecule has 0 aromatic heterocycles. The molecule has 1 aliphatic rings. The van der Waals surface area contributed by atoms with E-state index >= 15 is 0 Å². The van der Waals surface area contributed by atoms with E-state index in [4.69, 9.17) is 4.74 Å². The van der Waals surface area contributed by atoms with Crippen LogP contribution in [0.25, 0.3) is 0 Å². The van der Waals surface area contributed by atoms with Crippen molar-refractivity contribution in [2.45, 2.75) is 18.6 Å². The lowest BCUT2D eigenvalue weighted by Gasteiger charge is -2.16. The highest BCUT2D eigenvalue weighted by molar-refractivity contribution is 4.82. The Morgan fingerprint density at radius 1 is 1.70 bits per heavy atom.